The normalized spacial score (nSPS) is 12.4. The van der Waals surface area contributed by atoms with E-state index in [1.165, 1.54) is 5.56 Å². The molecule has 0 radical (unpaired) electrons. The summed E-state index contributed by atoms with van der Waals surface area (Å²) in [7, 11) is 0. The van der Waals surface area contributed by atoms with Crippen molar-refractivity contribution in [1.29, 1.82) is 0 Å². The molecule has 0 aliphatic rings. The largest absolute Gasteiger partial charge is 0.481 e. The van der Waals surface area contributed by atoms with Gasteiger partial charge in [-0.25, -0.2) is 0 Å². The van der Waals surface area contributed by atoms with Gasteiger partial charge < -0.3 is 10.4 Å². The van der Waals surface area contributed by atoms with Gasteiger partial charge in [-0.15, -0.1) is 0 Å². The summed E-state index contributed by atoms with van der Waals surface area (Å²) in [5, 5.41) is 12.0. The molecule has 1 aromatic carbocycles. The number of nitrogens with one attached hydrogen (secondary N) is 1. The lowest BCUT2D eigenvalue weighted by atomic mass is 9.98. The molecule has 0 amide bonds. The Bertz CT molecular complexity index is 465. The van der Waals surface area contributed by atoms with E-state index < -0.39 is 12.0 Å². The third-order valence-corrected chi connectivity index (χ3v) is 3.38. The molecule has 1 unspecified atom stereocenters. The Morgan fingerprint density at radius 1 is 1.19 bits per heavy atom. The third-order valence-electron chi connectivity index (χ3n) is 3.38. The summed E-state index contributed by atoms with van der Waals surface area (Å²) >= 11 is 0. The average Bonchev–Trinajstić information content (AvgIpc) is 2.46. The Kier molecular flexibility index (Phi) is 7.09. The Morgan fingerprint density at radius 2 is 1.81 bits per heavy atom. The van der Waals surface area contributed by atoms with Crippen molar-refractivity contribution < 1.29 is 14.7 Å². The van der Waals surface area contributed by atoms with Gasteiger partial charge in [0.2, 0.25) is 0 Å². The Morgan fingerprint density at radius 3 is 2.29 bits per heavy atom. The van der Waals surface area contributed by atoms with E-state index in [1.54, 1.807) is 0 Å². The second-order valence-corrected chi connectivity index (χ2v) is 5.70. The van der Waals surface area contributed by atoms with Gasteiger partial charge in [-0.3, -0.25) is 9.59 Å². The van der Waals surface area contributed by atoms with Crippen LogP contribution in [-0.2, 0) is 11.2 Å². The first-order valence-corrected chi connectivity index (χ1v) is 7.52. The van der Waals surface area contributed by atoms with Crippen LogP contribution < -0.4 is 5.32 Å². The number of carboxylic acids is 1. The molecule has 0 aliphatic heterocycles. The smallest absolute Gasteiger partial charge is 0.303 e. The molecule has 0 spiro atoms. The number of ketones is 1. The lowest BCUT2D eigenvalue weighted by molar-refractivity contribution is -0.137. The van der Waals surface area contributed by atoms with Gasteiger partial charge in [0.15, 0.2) is 5.78 Å². The Labute approximate surface area is 126 Å². The first-order valence-electron chi connectivity index (χ1n) is 7.52. The van der Waals surface area contributed by atoms with Crippen LogP contribution in [0.25, 0.3) is 0 Å². The molecule has 0 saturated heterocycles. The first kappa shape index (κ1) is 17.4. The highest BCUT2D eigenvalue weighted by Crippen LogP contribution is 2.11. The fraction of sp³-hybridized carbons (Fsp3) is 0.529. The van der Waals surface area contributed by atoms with E-state index >= 15 is 0 Å². The minimum atomic E-state index is -0.875. The van der Waals surface area contributed by atoms with Gasteiger partial charge in [-0.05, 0) is 30.9 Å². The summed E-state index contributed by atoms with van der Waals surface area (Å²) in [4.78, 5) is 23.3. The molecule has 0 bridgehead atoms. The van der Waals surface area contributed by atoms with Gasteiger partial charge in [-0.2, -0.15) is 0 Å². The molecule has 0 aliphatic carbocycles. The van der Waals surface area contributed by atoms with Crippen molar-refractivity contribution >= 4 is 11.8 Å². The number of rotatable bonds is 9. The SMILES string of the molecule is CCc1ccc(C(=O)C(CCC(=O)O)NCC(C)C)cc1. The molecule has 0 saturated carbocycles. The van der Waals surface area contributed by atoms with Gasteiger partial charge in [0.05, 0.1) is 6.04 Å². The van der Waals surface area contributed by atoms with Crippen molar-refractivity contribution in [3.63, 3.8) is 0 Å². The fourth-order valence-corrected chi connectivity index (χ4v) is 2.08. The predicted molar refractivity (Wildman–Crippen MR) is 83.6 cm³/mol. The lowest BCUT2D eigenvalue weighted by Gasteiger charge is -2.18. The van der Waals surface area contributed by atoms with Crippen molar-refractivity contribution in [2.75, 3.05) is 6.54 Å². The molecule has 2 N–H and O–H groups in total. The summed E-state index contributed by atoms with van der Waals surface area (Å²) in [6, 6.07) is 7.11. The molecular weight excluding hydrogens is 266 g/mol. The molecule has 4 nitrogen and oxygen atoms in total. The molecule has 1 atom stereocenters. The van der Waals surface area contributed by atoms with Crippen LogP contribution in [0.3, 0.4) is 0 Å². The zero-order valence-electron chi connectivity index (χ0n) is 13.1. The summed E-state index contributed by atoms with van der Waals surface area (Å²) in [5.41, 5.74) is 1.82. The second-order valence-electron chi connectivity index (χ2n) is 5.70. The number of aliphatic carboxylic acids is 1. The number of aryl methyl sites for hydroxylation is 1. The molecule has 0 fully saturated rings. The number of hydrogen-bond acceptors (Lipinski definition) is 3. The van der Waals surface area contributed by atoms with Crippen LogP contribution in [0.2, 0.25) is 0 Å². The van der Waals surface area contributed by atoms with E-state index in [1.807, 2.05) is 24.3 Å². The average molecular weight is 291 g/mol. The zero-order valence-corrected chi connectivity index (χ0v) is 13.1. The van der Waals surface area contributed by atoms with Crippen LogP contribution in [0.4, 0.5) is 0 Å². The minimum absolute atomic E-state index is 0.00541. The monoisotopic (exact) mass is 291 g/mol. The number of hydrogen-bond donors (Lipinski definition) is 2. The third kappa shape index (κ3) is 6.08. The van der Waals surface area contributed by atoms with Crippen LogP contribution in [0, 0.1) is 5.92 Å². The highest BCUT2D eigenvalue weighted by atomic mass is 16.4. The summed E-state index contributed by atoms with van der Waals surface area (Å²) in [6.45, 7) is 6.88. The minimum Gasteiger partial charge on any atom is -0.481 e. The van der Waals surface area contributed by atoms with E-state index in [4.69, 9.17) is 5.11 Å². The highest BCUT2D eigenvalue weighted by Gasteiger charge is 2.20. The Balaban J connectivity index is 2.78. The maximum Gasteiger partial charge on any atom is 0.303 e. The predicted octanol–water partition coefficient (Wildman–Crippen LogP) is 2.91. The van der Waals surface area contributed by atoms with Gasteiger partial charge in [0, 0.05) is 12.0 Å². The molecule has 4 heteroatoms. The lowest BCUT2D eigenvalue weighted by Crippen LogP contribution is -2.39. The van der Waals surface area contributed by atoms with Gasteiger partial charge in [0.1, 0.15) is 0 Å². The Hall–Kier alpha value is -1.68. The van der Waals surface area contributed by atoms with E-state index in [-0.39, 0.29) is 12.2 Å². The van der Waals surface area contributed by atoms with E-state index in [0.717, 1.165) is 6.42 Å². The maximum absolute atomic E-state index is 12.5. The van der Waals surface area contributed by atoms with E-state index in [2.05, 4.69) is 26.1 Å². The van der Waals surface area contributed by atoms with Gasteiger partial charge >= 0.3 is 5.97 Å². The fourth-order valence-electron chi connectivity index (χ4n) is 2.08. The van der Waals surface area contributed by atoms with E-state index in [0.29, 0.717) is 24.4 Å². The summed E-state index contributed by atoms with van der Waals surface area (Å²) in [6.07, 6.45) is 1.24. The molecular formula is C17H25NO3. The van der Waals surface area contributed by atoms with Crippen LogP contribution in [-0.4, -0.2) is 29.4 Å². The topological polar surface area (TPSA) is 66.4 Å². The quantitative estimate of drug-likeness (QED) is 0.687. The molecule has 21 heavy (non-hydrogen) atoms. The number of carbonyl (C=O) groups excluding carboxylic acids is 1. The number of benzene rings is 1. The van der Waals surface area contributed by atoms with Crippen molar-refractivity contribution in [3.05, 3.63) is 35.4 Å². The van der Waals surface area contributed by atoms with Gasteiger partial charge in [0.25, 0.3) is 0 Å². The molecule has 116 valence electrons. The standard InChI is InChI=1S/C17H25NO3/c1-4-13-5-7-14(8-6-13)17(21)15(9-10-16(19)20)18-11-12(2)3/h5-8,12,15,18H,4,9-11H2,1-3H3,(H,19,20). The highest BCUT2D eigenvalue weighted by molar-refractivity contribution is 6.00. The van der Waals surface area contributed by atoms with Crippen molar-refractivity contribution in [2.45, 2.75) is 46.1 Å². The van der Waals surface area contributed by atoms with Crippen LogP contribution in [0.15, 0.2) is 24.3 Å². The maximum atomic E-state index is 12.5. The molecule has 0 aromatic heterocycles. The second kappa shape index (κ2) is 8.57. The van der Waals surface area contributed by atoms with Crippen LogP contribution >= 0.6 is 0 Å². The number of carboxylic acid groups (broad SMARTS) is 1. The van der Waals surface area contributed by atoms with Crippen molar-refractivity contribution in [3.8, 4) is 0 Å². The summed E-state index contributed by atoms with van der Waals surface area (Å²) in [5.74, 6) is -0.493. The zero-order chi connectivity index (χ0) is 15.8. The van der Waals surface area contributed by atoms with Crippen LogP contribution in [0.5, 0.6) is 0 Å². The first-order chi connectivity index (χ1) is 9.93. The van der Waals surface area contributed by atoms with Crippen LogP contribution in [0.1, 0.15) is 49.5 Å². The number of Topliss-reactive ketones (excluding diaryl/α,β-unsaturated/α-hetero) is 1. The molecule has 1 aromatic rings. The van der Waals surface area contributed by atoms with E-state index in [9.17, 15) is 9.59 Å². The summed E-state index contributed by atoms with van der Waals surface area (Å²) < 4.78 is 0. The van der Waals surface area contributed by atoms with Gasteiger partial charge in [-0.1, -0.05) is 45.0 Å². The molecule has 1 rings (SSSR count). The van der Waals surface area contributed by atoms with Crippen molar-refractivity contribution in [2.24, 2.45) is 5.92 Å². The van der Waals surface area contributed by atoms with Crippen molar-refractivity contribution in [1.82, 2.24) is 5.32 Å². The molecule has 0 heterocycles. The number of carbonyl (C=O) groups is 2.